The molecular weight excluding hydrogens is 836 g/mol. The van der Waals surface area contributed by atoms with Gasteiger partial charge in [-0.1, -0.05) is 51.0 Å². The lowest BCUT2D eigenvalue weighted by Gasteiger charge is -2.24. The van der Waals surface area contributed by atoms with Gasteiger partial charge in [-0.05, 0) is 110 Å². The average Bonchev–Trinajstić information content (AvgIpc) is 3.14. The number of unbranched alkanes of at least 4 members (excludes halogenated alkanes) is 3. The molecule has 18 heteroatoms. The van der Waals surface area contributed by atoms with Gasteiger partial charge in [0.05, 0.1) is 12.1 Å². The molecule has 0 bridgehead atoms. The van der Waals surface area contributed by atoms with E-state index in [0.717, 1.165) is 83.7 Å². The number of carbonyl (C=O) groups excluding carboxylic acids is 4. The van der Waals surface area contributed by atoms with E-state index < -0.39 is 12.1 Å². The SMILES string of the molecule is CC/C=C\CCC(=O)N(CCCCNCCCN(CCCNC(=O)[C@@H](N)CCCCN)C(=O)CC/C=C\CC)CCCNC(=O)[C@@H](N)CCCCN.Cl.Cl.Cl.Cl.Cl. The van der Waals surface area contributed by atoms with E-state index in [1.807, 2.05) is 9.80 Å². The van der Waals surface area contributed by atoms with E-state index in [1.54, 1.807) is 0 Å². The van der Waals surface area contributed by atoms with Gasteiger partial charge < -0.3 is 48.7 Å². The first-order valence-electron chi connectivity index (χ1n) is 20.2. The van der Waals surface area contributed by atoms with Gasteiger partial charge in [0.2, 0.25) is 23.6 Å². The van der Waals surface area contributed by atoms with Gasteiger partial charge in [-0.3, -0.25) is 19.2 Å². The number of halogens is 5. The summed E-state index contributed by atoms with van der Waals surface area (Å²) >= 11 is 0. The first kappa shape index (κ1) is 67.4. The lowest BCUT2D eigenvalue weighted by Crippen LogP contribution is -2.42. The minimum absolute atomic E-state index is 0. The van der Waals surface area contributed by atoms with Crippen LogP contribution in [0.3, 0.4) is 0 Å². The van der Waals surface area contributed by atoms with E-state index in [9.17, 15) is 19.2 Å². The van der Waals surface area contributed by atoms with Crippen molar-refractivity contribution < 1.29 is 19.2 Å². The Labute approximate surface area is 376 Å². The van der Waals surface area contributed by atoms with Gasteiger partial charge in [0.15, 0.2) is 0 Å². The normalized spacial score (nSPS) is 11.5. The van der Waals surface area contributed by atoms with E-state index in [-0.39, 0.29) is 85.7 Å². The Morgan fingerprint density at radius 3 is 1.26 bits per heavy atom. The van der Waals surface area contributed by atoms with Crippen LogP contribution < -0.4 is 38.9 Å². The third kappa shape index (κ3) is 39.8. The third-order valence-corrected chi connectivity index (χ3v) is 8.79. The smallest absolute Gasteiger partial charge is 0.236 e. The number of hydrogen-bond acceptors (Lipinski definition) is 9. The van der Waals surface area contributed by atoms with E-state index in [2.05, 4.69) is 54.1 Å². The summed E-state index contributed by atoms with van der Waals surface area (Å²) in [4.78, 5) is 54.5. The fraction of sp³-hybridized carbons (Fsp3) is 0.795. The van der Waals surface area contributed by atoms with Gasteiger partial charge >= 0.3 is 0 Å². The summed E-state index contributed by atoms with van der Waals surface area (Å²) in [6.07, 6.45) is 21.2. The van der Waals surface area contributed by atoms with Crippen LogP contribution in [-0.4, -0.2) is 111 Å². The highest BCUT2D eigenvalue weighted by Crippen LogP contribution is 2.06. The Kier molecular flexibility index (Phi) is 57.9. The summed E-state index contributed by atoms with van der Waals surface area (Å²) in [5, 5.41) is 9.32. The van der Waals surface area contributed by atoms with Gasteiger partial charge in [-0.25, -0.2) is 0 Å². The van der Waals surface area contributed by atoms with Crippen molar-refractivity contribution in [2.24, 2.45) is 22.9 Å². The lowest BCUT2D eigenvalue weighted by molar-refractivity contribution is -0.132. The largest absolute Gasteiger partial charge is 0.355 e. The second-order valence-electron chi connectivity index (χ2n) is 13.5. The van der Waals surface area contributed by atoms with Gasteiger partial charge in [0.25, 0.3) is 0 Å². The molecule has 0 saturated heterocycles. The standard InChI is InChI=1S/C39H77N9O4.5ClH/c1-3-5-7-9-22-36(49)47(32-18-28-45-38(51)34(42)20-11-13-24-40)30-16-15-26-44-27-17-31-48(37(50)23-10-8-6-4-2)33-19-29-46-39(52)35(43)21-12-14-25-41;;;;;/h5-8,34-35,44H,3-4,9-33,40-43H2,1-2H3,(H,45,51)(H,46,52);5*1H/b7-5-,8-6-;;;;;/t34-,35-;;;;;/m0...../s1. The van der Waals surface area contributed by atoms with Gasteiger partial charge in [0.1, 0.15) is 0 Å². The molecule has 2 atom stereocenters. The molecule has 0 aliphatic heterocycles. The fourth-order valence-corrected chi connectivity index (χ4v) is 5.60. The van der Waals surface area contributed by atoms with Crippen molar-refractivity contribution in [3.05, 3.63) is 24.3 Å². The summed E-state index contributed by atoms with van der Waals surface area (Å²) in [5.74, 6) is -0.0375. The molecule has 0 unspecified atom stereocenters. The highest BCUT2D eigenvalue weighted by atomic mass is 35.5. The van der Waals surface area contributed by atoms with Crippen LogP contribution in [0, 0.1) is 0 Å². The number of allylic oxidation sites excluding steroid dienone is 4. The predicted molar refractivity (Wildman–Crippen MR) is 250 cm³/mol. The summed E-state index contributed by atoms with van der Waals surface area (Å²) in [6.45, 7) is 10.4. The Balaban J connectivity index is -0.00000130. The molecule has 57 heavy (non-hydrogen) atoms. The zero-order valence-corrected chi connectivity index (χ0v) is 39.0. The molecule has 4 amide bonds. The van der Waals surface area contributed by atoms with Crippen LogP contribution in [0.15, 0.2) is 24.3 Å². The van der Waals surface area contributed by atoms with Crippen LogP contribution in [0.5, 0.6) is 0 Å². The van der Waals surface area contributed by atoms with Gasteiger partial charge in [-0.15, -0.1) is 62.0 Å². The van der Waals surface area contributed by atoms with Crippen molar-refractivity contribution in [1.29, 1.82) is 0 Å². The van der Waals surface area contributed by atoms with Crippen LogP contribution >= 0.6 is 62.0 Å². The maximum absolute atomic E-state index is 13.0. The third-order valence-electron chi connectivity index (χ3n) is 8.79. The maximum Gasteiger partial charge on any atom is 0.236 e. The number of rotatable bonds is 35. The molecule has 0 aromatic heterocycles. The van der Waals surface area contributed by atoms with Gasteiger partial charge in [0, 0.05) is 52.1 Å². The number of carbonyl (C=O) groups is 4. The molecule has 0 heterocycles. The molecule has 0 aromatic carbocycles. The van der Waals surface area contributed by atoms with Crippen molar-refractivity contribution in [3.8, 4) is 0 Å². The van der Waals surface area contributed by atoms with Crippen LogP contribution in [0.2, 0.25) is 0 Å². The quantitative estimate of drug-likeness (QED) is 0.0339. The minimum Gasteiger partial charge on any atom is -0.355 e. The second kappa shape index (κ2) is 49.0. The molecule has 342 valence electrons. The number of nitrogens with two attached hydrogens (primary N) is 4. The molecule has 0 fully saturated rings. The van der Waals surface area contributed by atoms with Crippen LogP contribution in [0.25, 0.3) is 0 Å². The van der Waals surface area contributed by atoms with E-state index >= 15 is 0 Å². The number of nitrogens with zero attached hydrogens (tertiary/aromatic N) is 2. The summed E-state index contributed by atoms with van der Waals surface area (Å²) < 4.78 is 0. The van der Waals surface area contributed by atoms with E-state index in [4.69, 9.17) is 22.9 Å². The maximum atomic E-state index is 13.0. The minimum atomic E-state index is -0.529. The molecule has 0 aromatic rings. The topological polar surface area (TPSA) is 215 Å². The molecule has 0 radical (unpaired) electrons. The summed E-state index contributed by atoms with van der Waals surface area (Å²) in [6, 6.07) is -1.06. The average molecular weight is 918 g/mol. The Morgan fingerprint density at radius 2 is 0.877 bits per heavy atom. The number of amides is 4. The highest BCUT2D eigenvalue weighted by molar-refractivity contribution is 5.86. The number of hydrogen-bond donors (Lipinski definition) is 7. The molecule has 0 rings (SSSR count). The molecule has 0 aliphatic carbocycles. The van der Waals surface area contributed by atoms with Crippen molar-refractivity contribution in [2.75, 3.05) is 65.4 Å². The van der Waals surface area contributed by atoms with Crippen molar-refractivity contribution in [1.82, 2.24) is 25.8 Å². The lowest BCUT2D eigenvalue weighted by atomic mass is 10.1. The fourth-order valence-electron chi connectivity index (χ4n) is 5.60. The van der Waals surface area contributed by atoms with Crippen LogP contribution in [0.4, 0.5) is 0 Å². The van der Waals surface area contributed by atoms with Crippen LogP contribution in [0.1, 0.15) is 123 Å². The Hall–Kier alpha value is -1.39. The predicted octanol–water partition coefficient (Wildman–Crippen LogP) is 4.93. The molecule has 0 spiro atoms. The zero-order valence-electron chi connectivity index (χ0n) is 34.9. The van der Waals surface area contributed by atoms with E-state index in [0.29, 0.717) is 90.9 Å². The number of nitrogens with one attached hydrogen (secondary N) is 3. The monoisotopic (exact) mass is 915 g/mol. The van der Waals surface area contributed by atoms with E-state index in [1.165, 1.54) is 0 Å². The highest BCUT2D eigenvalue weighted by Gasteiger charge is 2.16. The summed E-state index contributed by atoms with van der Waals surface area (Å²) in [5.41, 5.74) is 23.0. The molecule has 0 saturated carbocycles. The molecule has 0 aliphatic rings. The van der Waals surface area contributed by atoms with Crippen molar-refractivity contribution in [2.45, 2.75) is 135 Å². The molecule has 13 nitrogen and oxygen atoms in total. The van der Waals surface area contributed by atoms with Crippen molar-refractivity contribution >= 4 is 85.7 Å². The Bertz CT molecular complexity index is 928. The first-order chi connectivity index (χ1) is 25.2. The van der Waals surface area contributed by atoms with Gasteiger partial charge in [-0.2, -0.15) is 0 Å². The van der Waals surface area contributed by atoms with Crippen LogP contribution in [-0.2, 0) is 19.2 Å². The Morgan fingerprint density at radius 1 is 0.509 bits per heavy atom. The molecule has 11 N–H and O–H groups in total. The summed E-state index contributed by atoms with van der Waals surface area (Å²) in [7, 11) is 0. The first-order valence-corrected chi connectivity index (χ1v) is 20.2. The second-order valence-corrected chi connectivity index (χ2v) is 13.5. The molecular formula is C39H82Cl5N9O4. The zero-order chi connectivity index (χ0) is 38.7. The van der Waals surface area contributed by atoms with Crippen molar-refractivity contribution in [3.63, 3.8) is 0 Å².